The van der Waals surface area contributed by atoms with Crippen molar-refractivity contribution in [3.63, 3.8) is 0 Å². The zero-order valence-corrected chi connectivity index (χ0v) is 10.1. The fourth-order valence-corrected chi connectivity index (χ4v) is 1.42. The number of carbonyl (C=O) groups is 1. The molecule has 0 atom stereocenters. The second kappa shape index (κ2) is 6.03. The Hall–Kier alpha value is -0.840. The van der Waals surface area contributed by atoms with Crippen LogP contribution in [0.3, 0.4) is 0 Å². The lowest BCUT2D eigenvalue weighted by Gasteiger charge is -2.25. The van der Waals surface area contributed by atoms with Crippen molar-refractivity contribution in [3.8, 4) is 0 Å². The van der Waals surface area contributed by atoms with Gasteiger partial charge in [0.15, 0.2) is 0 Å². The highest BCUT2D eigenvalue weighted by atomic mass is 35.5. The molecule has 1 aliphatic rings. The molecular formula is C10H13Cl2N3O. The maximum absolute atomic E-state index is 11.5. The fourth-order valence-electron chi connectivity index (χ4n) is 1.31. The number of nitrogens with zero attached hydrogens (tertiary/aromatic N) is 1. The lowest BCUT2D eigenvalue weighted by atomic mass is 10.0. The van der Waals surface area contributed by atoms with Crippen molar-refractivity contribution in [2.45, 2.75) is 6.54 Å². The summed E-state index contributed by atoms with van der Waals surface area (Å²) in [5, 5.41) is 6.49. The first-order chi connectivity index (χ1) is 7.25. The first kappa shape index (κ1) is 13.2. The molecule has 0 aliphatic carbocycles. The van der Waals surface area contributed by atoms with Crippen LogP contribution >= 0.6 is 24.0 Å². The molecule has 1 aromatic heterocycles. The van der Waals surface area contributed by atoms with E-state index in [2.05, 4.69) is 15.6 Å². The number of nitrogens with one attached hydrogen (secondary N) is 2. The lowest BCUT2D eigenvalue weighted by Crippen LogP contribution is -2.50. The summed E-state index contributed by atoms with van der Waals surface area (Å²) in [6.45, 7) is 2.02. The average molecular weight is 262 g/mol. The summed E-state index contributed by atoms with van der Waals surface area (Å²) < 4.78 is 0. The summed E-state index contributed by atoms with van der Waals surface area (Å²) >= 11 is 5.70. The molecule has 16 heavy (non-hydrogen) atoms. The Morgan fingerprint density at radius 3 is 2.81 bits per heavy atom. The van der Waals surface area contributed by atoms with Gasteiger partial charge in [-0.2, -0.15) is 0 Å². The van der Waals surface area contributed by atoms with E-state index in [1.54, 1.807) is 12.3 Å². The van der Waals surface area contributed by atoms with E-state index >= 15 is 0 Å². The van der Waals surface area contributed by atoms with E-state index in [-0.39, 0.29) is 24.2 Å². The Labute approximate surface area is 105 Å². The van der Waals surface area contributed by atoms with Gasteiger partial charge in [0, 0.05) is 19.3 Å². The highest BCUT2D eigenvalue weighted by Gasteiger charge is 2.24. The predicted molar refractivity (Wildman–Crippen MR) is 64.7 cm³/mol. The van der Waals surface area contributed by atoms with Crippen LogP contribution in [0.25, 0.3) is 0 Å². The van der Waals surface area contributed by atoms with E-state index in [4.69, 9.17) is 11.6 Å². The molecule has 0 unspecified atom stereocenters. The molecule has 2 rings (SSSR count). The van der Waals surface area contributed by atoms with E-state index in [1.807, 2.05) is 6.07 Å². The number of carbonyl (C=O) groups excluding carboxylic acids is 1. The minimum atomic E-state index is 0. The van der Waals surface area contributed by atoms with Crippen LogP contribution < -0.4 is 10.6 Å². The number of pyridine rings is 1. The molecule has 2 heterocycles. The van der Waals surface area contributed by atoms with Crippen LogP contribution in [0.4, 0.5) is 0 Å². The van der Waals surface area contributed by atoms with Crippen LogP contribution in [0.2, 0.25) is 5.02 Å². The van der Waals surface area contributed by atoms with Crippen LogP contribution in [0.1, 0.15) is 5.69 Å². The monoisotopic (exact) mass is 261 g/mol. The summed E-state index contributed by atoms with van der Waals surface area (Å²) in [5.74, 6) is 0.211. The van der Waals surface area contributed by atoms with Gasteiger partial charge in [0.1, 0.15) is 0 Å². The van der Waals surface area contributed by atoms with Crippen LogP contribution in [-0.4, -0.2) is 24.0 Å². The molecule has 2 N–H and O–H groups in total. The van der Waals surface area contributed by atoms with Gasteiger partial charge in [-0.3, -0.25) is 9.78 Å². The maximum atomic E-state index is 11.5. The van der Waals surface area contributed by atoms with Crippen molar-refractivity contribution in [1.82, 2.24) is 15.6 Å². The minimum Gasteiger partial charge on any atom is -0.350 e. The smallest absolute Gasteiger partial charge is 0.226 e. The molecule has 0 saturated carbocycles. The molecule has 0 aromatic carbocycles. The van der Waals surface area contributed by atoms with Crippen LogP contribution in [0, 0.1) is 5.92 Å². The van der Waals surface area contributed by atoms with E-state index in [0.29, 0.717) is 11.6 Å². The van der Waals surface area contributed by atoms with Gasteiger partial charge in [-0.05, 0) is 12.1 Å². The van der Waals surface area contributed by atoms with E-state index in [9.17, 15) is 4.79 Å². The minimum absolute atomic E-state index is 0. The van der Waals surface area contributed by atoms with Crippen molar-refractivity contribution in [2.75, 3.05) is 13.1 Å². The van der Waals surface area contributed by atoms with Gasteiger partial charge in [0.25, 0.3) is 0 Å². The van der Waals surface area contributed by atoms with Crippen molar-refractivity contribution >= 4 is 29.9 Å². The van der Waals surface area contributed by atoms with Crippen molar-refractivity contribution in [2.24, 2.45) is 5.92 Å². The molecular weight excluding hydrogens is 249 g/mol. The van der Waals surface area contributed by atoms with Crippen LogP contribution in [-0.2, 0) is 11.3 Å². The number of amides is 1. The Morgan fingerprint density at radius 1 is 1.56 bits per heavy atom. The third-order valence-electron chi connectivity index (χ3n) is 2.38. The maximum Gasteiger partial charge on any atom is 0.226 e. The van der Waals surface area contributed by atoms with Gasteiger partial charge in [-0.1, -0.05) is 11.6 Å². The largest absolute Gasteiger partial charge is 0.350 e. The quantitative estimate of drug-likeness (QED) is 0.854. The Kier molecular flexibility index (Phi) is 4.99. The van der Waals surface area contributed by atoms with E-state index in [1.165, 1.54) is 0 Å². The number of rotatable bonds is 3. The van der Waals surface area contributed by atoms with E-state index < -0.39 is 0 Å². The molecule has 1 aromatic rings. The molecule has 1 saturated heterocycles. The molecule has 1 fully saturated rings. The summed E-state index contributed by atoms with van der Waals surface area (Å²) in [6.07, 6.45) is 1.58. The first-order valence-electron chi connectivity index (χ1n) is 4.84. The highest BCUT2D eigenvalue weighted by Crippen LogP contribution is 2.06. The first-order valence-corrected chi connectivity index (χ1v) is 5.22. The fraction of sp³-hybridized carbons (Fsp3) is 0.400. The molecule has 0 spiro atoms. The third kappa shape index (κ3) is 3.33. The third-order valence-corrected chi connectivity index (χ3v) is 2.61. The SMILES string of the molecule is Cl.O=C(NCc1ccc(Cl)cn1)C1CNC1. The molecule has 1 amide bonds. The van der Waals surface area contributed by atoms with Crippen LogP contribution in [0.15, 0.2) is 18.3 Å². The Morgan fingerprint density at radius 2 is 2.31 bits per heavy atom. The molecule has 0 bridgehead atoms. The molecule has 0 radical (unpaired) electrons. The second-order valence-corrected chi connectivity index (χ2v) is 3.98. The summed E-state index contributed by atoms with van der Waals surface area (Å²) in [6, 6.07) is 3.57. The zero-order chi connectivity index (χ0) is 10.7. The predicted octanol–water partition coefficient (Wildman–Crippen LogP) is 0.992. The van der Waals surface area contributed by atoms with Crippen molar-refractivity contribution < 1.29 is 4.79 Å². The standard InChI is InChI=1S/C10H12ClN3O.ClH/c11-8-1-2-9(13-5-8)6-14-10(15)7-3-12-4-7;/h1-2,5,7,12H,3-4,6H2,(H,14,15);1H. The van der Waals surface area contributed by atoms with Gasteiger partial charge in [0.2, 0.25) is 5.91 Å². The summed E-state index contributed by atoms with van der Waals surface area (Å²) in [5.41, 5.74) is 0.819. The highest BCUT2D eigenvalue weighted by molar-refractivity contribution is 6.30. The molecule has 1 aliphatic heterocycles. The van der Waals surface area contributed by atoms with Crippen molar-refractivity contribution in [1.29, 1.82) is 0 Å². The number of aromatic nitrogens is 1. The van der Waals surface area contributed by atoms with Crippen molar-refractivity contribution in [3.05, 3.63) is 29.0 Å². The van der Waals surface area contributed by atoms with Gasteiger partial charge >= 0.3 is 0 Å². The molecule has 88 valence electrons. The molecule has 6 heteroatoms. The number of hydrogen-bond acceptors (Lipinski definition) is 3. The Bertz CT molecular complexity index is 352. The molecule has 4 nitrogen and oxygen atoms in total. The van der Waals surface area contributed by atoms with Gasteiger partial charge in [-0.25, -0.2) is 0 Å². The second-order valence-electron chi connectivity index (χ2n) is 3.54. The topological polar surface area (TPSA) is 54.0 Å². The average Bonchev–Trinajstić information content (AvgIpc) is 2.14. The van der Waals surface area contributed by atoms with Gasteiger partial charge in [-0.15, -0.1) is 12.4 Å². The summed E-state index contributed by atoms with van der Waals surface area (Å²) in [4.78, 5) is 15.6. The van der Waals surface area contributed by atoms with Gasteiger partial charge in [0.05, 0.1) is 23.2 Å². The van der Waals surface area contributed by atoms with Crippen LogP contribution in [0.5, 0.6) is 0 Å². The normalized spacial score (nSPS) is 14.8. The lowest BCUT2D eigenvalue weighted by molar-refractivity contribution is -0.126. The number of hydrogen-bond donors (Lipinski definition) is 2. The summed E-state index contributed by atoms with van der Waals surface area (Å²) in [7, 11) is 0. The zero-order valence-electron chi connectivity index (χ0n) is 8.57. The van der Waals surface area contributed by atoms with Gasteiger partial charge < -0.3 is 10.6 Å². The number of halogens is 2. The van der Waals surface area contributed by atoms with E-state index in [0.717, 1.165) is 18.8 Å². The Balaban J connectivity index is 0.00000128.